The lowest BCUT2D eigenvalue weighted by atomic mass is 10.1. The predicted molar refractivity (Wildman–Crippen MR) is 80.4 cm³/mol. The van der Waals surface area contributed by atoms with E-state index in [0.717, 1.165) is 16.6 Å². The summed E-state index contributed by atoms with van der Waals surface area (Å²) in [6.45, 7) is 4.44. The summed E-state index contributed by atoms with van der Waals surface area (Å²) in [6.07, 6.45) is 2.09. The average molecular weight is 266 g/mol. The van der Waals surface area contributed by atoms with Crippen molar-refractivity contribution in [3.05, 3.63) is 24.3 Å². The highest BCUT2D eigenvalue weighted by Crippen LogP contribution is 2.25. The van der Waals surface area contributed by atoms with E-state index >= 15 is 0 Å². The lowest BCUT2D eigenvalue weighted by molar-refractivity contribution is 0.537. The standard InChI is InChI=1S/C13H18N2S2/c1-9-8-17-13(14-10(9)2)15-11-5-4-6-12(7-11)16-3/h4-7,9-10H,8H2,1-3H3,(H,14,15). The van der Waals surface area contributed by atoms with Crippen LogP contribution in [-0.4, -0.2) is 23.2 Å². The van der Waals surface area contributed by atoms with Crippen molar-refractivity contribution in [3.8, 4) is 0 Å². The number of thioether (sulfide) groups is 2. The third kappa shape index (κ3) is 3.42. The molecule has 0 fully saturated rings. The molecule has 1 aliphatic rings. The fourth-order valence-electron chi connectivity index (χ4n) is 1.59. The number of nitrogens with one attached hydrogen (secondary N) is 1. The molecule has 2 atom stereocenters. The lowest BCUT2D eigenvalue weighted by Crippen LogP contribution is -2.25. The number of rotatable bonds is 2. The van der Waals surface area contributed by atoms with Crippen LogP contribution < -0.4 is 5.32 Å². The van der Waals surface area contributed by atoms with E-state index in [4.69, 9.17) is 0 Å². The molecule has 1 heterocycles. The molecule has 0 bridgehead atoms. The van der Waals surface area contributed by atoms with Gasteiger partial charge in [0.2, 0.25) is 0 Å². The van der Waals surface area contributed by atoms with Gasteiger partial charge >= 0.3 is 0 Å². The Hall–Kier alpha value is -0.610. The Labute approximate surface area is 112 Å². The Kier molecular flexibility index (Phi) is 4.40. The number of amidine groups is 1. The number of benzene rings is 1. The summed E-state index contributed by atoms with van der Waals surface area (Å²) >= 11 is 3.57. The van der Waals surface area contributed by atoms with Crippen molar-refractivity contribution in [1.29, 1.82) is 0 Å². The minimum Gasteiger partial charge on any atom is -0.335 e. The molecule has 2 rings (SSSR count). The van der Waals surface area contributed by atoms with Crippen LogP contribution in [-0.2, 0) is 0 Å². The quantitative estimate of drug-likeness (QED) is 0.820. The van der Waals surface area contributed by atoms with Crippen LogP contribution in [0, 0.1) is 5.92 Å². The molecule has 1 aromatic carbocycles. The highest BCUT2D eigenvalue weighted by atomic mass is 32.2. The van der Waals surface area contributed by atoms with Crippen LogP contribution in [0.1, 0.15) is 13.8 Å². The molecule has 0 saturated carbocycles. The number of aliphatic imine (C=N–C) groups is 1. The van der Waals surface area contributed by atoms with Gasteiger partial charge in [-0.2, -0.15) is 0 Å². The largest absolute Gasteiger partial charge is 0.335 e. The topological polar surface area (TPSA) is 24.4 Å². The van der Waals surface area contributed by atoms with Gasteiger partial charge < -0.3 is 5.32 Å². The molecule has 2 unspecified atom stereocenters. The van der Waals surface area contributed by atoms with E-state index in [-0.39, 0.29) is 0 Å². The first-order chi connectivity index (χ1) is 8.19. The average Bonchev–Trinajstić information content (AvgIpc) is 2.34. The molecule has 4 heteroatoms. The second-order valence-corrected chi connectivity index (χ2v) is 6.21. The molecule has 1 aliphatic heterocycles. The van der Waals surface area contributed by atoms with Gasteiger partial charge in [0.05, 0.1) is 6.04 Å². The normalized spacial score (nSPS) is 24.3. The summed E-state index contributed by atoms with van der Waals surface area (Å²) < 4.78 is 0. The van der Waals surface area contributed by atoms with E-state index < -0.39 is 0 Å². The molecule has 0 radical (unpaired) electrons. The zero-order valence-electron chi connectivity index (χ0n) is 10.4. The Bertz CT molecular complexity index is 418. The Balaban J connectivity index is 2.08. The summed E-state index contributed by atoms with van der Waals surface area (Å²) in [7, 11) is 0. The molecule has 2 nitrogen and oxygen atoms in total. The molecule has 92 valence electrons. The summed E-state index contributed by atoms with van der Waals surface area (Å²) in [5, 5.41) is 4.46. The van der Waals surface area contributed by atoms with Crippen LogP contribution in [0.4, 0.5) is 5.69 Å². The van der Waals surface area contributed by atoms with E-state index in [1.54, 1.807) is 11.8 Å². The third-order valence-electron chi connectivity index (χ3n) is 2.95. The highest BCUT2D eigenvalue weighted by molar-refractivity contribution is 8.14. The van der Waals surface area contributed by atoms with Crippen molar-refractivity contribution < 1.29 is 0 Å². The Morgan fingerprint density at radius 3 is 2.94 bits per heavy atom. The molecule has 0 amide bonds. The van der Waals surface area contributed by atoms with Gasteiger partial charge in [0.15, 0.2) is 5.17 Å². The molecule has 1 aromatic rings. The predicted octanol–water partition coefficient (Wildman–Crippen LogP) is 3.95. The van der Waals surface area contributed by atoms with Crippen LogP contribution in [0.2, 0.25) is 0 Å². The van der Waals surface area contributed by atoms with Crippen LogP contribution in [0.25, 0.3) is 0 Å². The van der Waals surface area contributed by atoms with Crippen LogP contribution in [0.15, 0.2) is 34.2 Å². The van der Waals surface area contributed by atoms with E-state index in [0.29, 0.717) is 12.0 Å². The number of hydrogen-bond acceptors (Lipinski definition) is 4. The van der Waals surface area contributed by atoms with Gasteiger partial charge in [-0.25, -0.2) is 0 Å². The lowest BCUT2D eigenvalue weighted by Gasteiger charge is -2.23. The monoisotopic (exact) mass is 266 g/mol. The second kappa shape index (κ2) is 5.83. The van der Waals surface area contributed by atoms with Crippen LogP contribution in [0.5, 0.6) is 0 Å². The minimum absolute atomic E-state index is 0.419. The van der Waals surface area contributed by atoms with Gasteiger partial charge in [0.1, 0.15) is 0 Å². The van der Waals surface area contributed by atoms with Gasteiger partial charge in [-0.05, 0) is 37.3 Å². The van der Waals surface area contributed by atoms with Gasteiger partial charge in [0, 0.05) is 16.3 Å². The first-order valence-electron chi connectivity index (χ1n) is 5.80. The SMILES string of the molecule is CSc1cccc(NC2=NC(C)C(C)CS2)c1. The van der Waals surface area contributed by atoms with Crippen LogP contribution in [0.3, 0.4) is 0 Å². The Morgan fingerprint density at radius 2 is 2.24 bits per heavy atom. The second-order valence-electron chi connectivity index (χ2n) is 4.32. The van der Waals surface area contributed by atoms with E-state index in [9.17, 15) is 0 Å². The molecule has 0 saturated heterocycles. The molecular weight excluding hydrogens is 248 g/mol. The maximum Gasteiger partial charge on any atom is 0.161 e. The first-order valence-corrected chi connectivity index (χ1v) is 8.01. The summed E-state index contributed by atoms with van der Waals surface area (Å²) in [4.78, 5) is 5.95. The van der Waals surface area contributed by atoms with Crippen molar-refractivity contribution in [3.63, 3.8) is 0 Å². The molecule has 0 spiro atoms. The van der Waals surface area contributed by atoms with E-state index in [1.807, 2.05) is 11.8 Å². The zero-order chi connectivity index (χ0) is 12.3. The smallest absolute Gasteiger partial charge is 0.161 e. The van der Waals surface area contributed by atoms with Crippen molar-refractivity contribution in [2.75, 3.05) is 17.3 Å². The molecule has 0 aliphatic carbocycles. The fraction of sp³-hybridized carbons (Fsp3) is 0.462. The van der Waals surface area contributed by atoms with Crippen molar-refractivity contribution in [2.45, 2.75) is 24.8 Å². The molecule has 17 heavy (non-hydrogen) atoms. The fourth-order valence-corrected chi connectivity index (χ4v) is 3.18. The van der Waals surface area contributed by atoms with E-state index in [1.165, 1.54) is 4.90 Å². The summed E-state index contributed by atoms with van der Waals surface area (Å²) in [5.41, 5.74) is 1.13. The van der Waals surface area contributed by atoms with Gasteiger partial charge in [-0.3, -0.25) is 4.99 Å². The van der Waals surface area contributed by atoms with E-state index in [2.05, 4.69) is 54.7 Å². The molecular formula is C13H18N2S2. The maximum atomic E-state index is 4.68. The molecule has 0 aromatic heterocycles. The first kappa shape index (κ1) is 12.8. The van der Waals surface area contributed by atoms with Gasteiger partial charge in [-0.1, -0.05) is 24.8 Å². The summed E-state index contributed by atoms with van der Waals surface area (Å²) in [5.74, 6) is 1.82. The molecule has 1 N–H and O–H groups in total. The number of anilines is 1. The zero-order valence-corrected chi connectivity index (χ0v) is 12.1. The number of hydrogen-bond donors (Lipinski definition) is 1. The third-order valence-corrected chi connectivity index (χ3v) is 4.85. The maximum absolute atomic E-state index is 4.68. The van der Waals surface area contributed by atoms with Crippen molar-refractivity contribution >= 4 is 34.4 Å². The van der Waals surface area contributed by atoms with Crippen molar-refractivity contribution in [2.24, 2.45) is 10.9 Å². The van der Waals surface area contributed by atoms with Gasteiger partial charge in [0.25, 0.3) is 0 Å². The van der Waals surface area contributed by atoms with Crippen molar-refractivity contribution in [1.82, 2.24) is 0 Å². The van der Waals surface area contributed by atoms with Gasteiger partial charge in [-0.15, -0.1) is 11.8 Å². The van der Waals surface area contributed by atoms with Crippen LogP contribution >= 0.6 is 23.5 Å². The summed E-state index contributed by atoms with van der Waals surface area (Å²) in [6, 6.07) is 8.87. The highest BCUT2D eigenvalue weighted by Gasteiger charge is 2.19. The minimum atomic E-state index is 0.419. The number of nitrogens with zero attached hydrogens (tertiary/aromatic N) is 1. The Morgan fingerprint density at radius 1 is 1.41 bits per heavy atom.